The highest BCUT2D eigenvalue weighted by molar-refractivity contribution is 5.76. The number of nitrogens with one attached hydrogen (secondary N) is 1. The van der Waals surface area contributed by atoms with E-state index in [1.807, 2.05) is 24.0 Å². The van der Waals surface area contributed by atoms with Gasteiger partial charge in [0.1, 0.15) is 11.5 Å². The molecule has 1 fully saturated rings. The molecule has 1 aliphatic heterocycles. The minimum absolute atomic E-state index is 0.187. The van der Waals surface area contributed by atoms with Gasteiger partial charge in [0, 0.05) is 51.5 Å². The van der Waals surface area contributed by atoms with Gasteiger partial charge in [0.25, 0.3) is 0 Å². The SMILES string of the molecule is Cc1ccc(CNCCC(=O)N2CCN(c3ncccn3)CC2)o1. The van der Waals surface area contributed by atoms with Crippen LogP contribution in [0.5, 0.6) is 0 Å². The van der Waals surface area contributed by atoms with Crippen molar-refractivity contribution >= 4 is 11.9 Å². The summed E-state index contributed by atoms with van der Waals surface area (Å²) in [6.07, 6.45) is 3.99. The molecule has 2 aromatic heterocycles. The summed E-state index contributed by atoms with van der Waals surface area (Å²) in [5.41, 5.74) is 0. The Bertz CT molecular complexity index is 650. The fourth-order valence-electron chi connectivity index (χ4n) is 2.76. The van der Waals surface area contributed by atoms with E-state index >= 15 is 0 Å². The molecule has 2 aromatic rings. The summed E-state index contributed by atoms with van der Waals surface area (Å²) < 4.78 is 5.49. The highest BCUT2D eigenvalue weighted by atomic mass is 16.3. The van der Waals surface area contributed by atoms with Crippen LogP contribution in [0.4, 0.5) is 5.95 Å². The number of nitrogens with zero attached hydrogens (tertiary/aromatic N) is 4. The molecule has 3 rings (SSSR count). The Kier molecular flexibility index (Phi) is 5.43. The molecule has 128 valence electrons. The van der Waals surface area contributed by atoms with Crippen molar-refractivity contribution in [3.63, 3.8) is 0 Å². The molecule has 0 spiro atoms. The molecule has 0 bridgehead atoms. The van der Waals surface area contributed by atoms with Gasteiger partial charge in [-0.1, -0.05) is 0 Å². The van der Waals surface area contributed by atoms with E-state index in [1.54, 1.807) is 18.5 Å². The number of amides is 1. The Morgan fingerprint density at radius 1 is 1.21 bits per heavy atom. The van der Waals surface area contributed by atoms with Gasteiger partial charge in [0.15, 0.2) is 0 Å². The standard InChI is InChI=1S/C17H23N5O2/c1-14-3-4-15(24-14)13-18-8-5-16(23)21-9-11-22(12-10-21)17-19-6-2-7-20-17/h2-4,6-7,18H,5,8-13H2,1H3. The maximum Gasteiger partial charge on any atom is 0.225 e. The van der Waals surface area contributed by atoms with Gasteiger partial charge in [0.05, 0.1) is 6.54 Å². The van der Waals surface area contributed by atoms with Gasteiger partial charge >= 0.3 is 0 Å². The molecule has 3 heterocycles. The lowest BCUT2D eigenvalue weighted by Gasteiger charge is -2.34. The number of anilines is 1. The topological polar surface area (TPSA) is 74.5 Å². The molecular weight excluding hydrogens is 306 g/mol. The van der Waals surface area contributed by atoms with E-state index < -0.39 is 0 Å². The zero-order valence-electron chi connectivity index (χ0n) is 13.9. The Hall–Kier alpha value is -2.41. The molecule has 0 saturated carbocycles. The van der Waals surface area contributed by atoms with Crippen molar-refractivity contribution in [2.45, 2.75) is 19.9 Å². The van der Waals surface area contributed by atoms with Crippen LogP contribution in [-0.2, 0) is 11.3 Å². The normalized spacial score (nSPS) is 14.9. The summed E-state index contributed by atoms with van der Waals surface area (Å²) in [5.74, 6) is 2.73. The van der Waals surface area contributed by atoms with Crippen LogP contribution >= 0.6 is 0 Å². The fraction of sp³-hybridized carbons (Fsp3) is 0.471. The van der Waals surface area contributed by atoms with E-state index in [2.05, 4.69) is 20.2 Å². The second kappa shape index (κ2) is 7.92. The van der Waals surface area contributed by atoms with Gasteiger partial charge in [-0.3, -0.25) is 4.79 Å². The number of aromatic nitrogens is 2. The predicted molar refractivity (Wildman–Crippen MR) is 90.6 cm³/mol. The monoisotopic (exact) mass is 329 g/mol. The van der Waals surface area contributed by atoms with Crippen molar-refractivity contribution in [2.75, 3.05) is 37.6 Å². The van der Waals surface area contributed by atoms with Crippen LogP contribution in [-0.4, -0.2) is 53.5 Å². The maximum atomic E-state index is 12.3. The molecule has 24 heavy (non-hydrogen) atoms. The molecule has 7 heteroatoms. The van der Waals surface area contributed by atoms with E-state index in [9.17, 15) is 4.79 Å². The van der Waals surface area contributed by atoms with Crippen LogP contribution in [0.25, 0.3) is 0 Å². The first-order valence-electron chi connectivity index (χ1n) is 8.28. The van der Waals surface area contributed by atoms with Gasteiger partial charge in [-0.15, -0.1) is 0 Å². The quantitative estimate of drug-likeness (QED) is 0.803. The molecule has 7 nitrogen and oxygen atoms in total. The molecule has 1 N–H and O–H groups in total. The van der Waals surface area contributed by atoms with E-state index in [1.165, 1.54) is 0 Å². The number of rotatable bonds is 6. The first kappa shape index (κ1) is 16.4. The lowest BCUT2D eigenvalue weighted by atomic mass is 10.3. The predicted octanol–water partition coefficient (Wildman–Crippen LogP) is 1.21. The Labute approximate surface area is 141 Å². The van der Waals surface area contributed by atoms with Crippen molar-refractivity contribution in [3.05, 3.63) is 42.1 Å². The van der Waals surface area contributed by atoms with Gasteiger partial charge in [-0.05, 0) is 25.1 Å². The maximum absolute atomic E-state index is 12.3. The molecule has 1 amide bonds. The molecule has 0 atom stereocenters. The third-order valence-corrected chi connectivity index (χ3v) is 4.08. The van der Waals surface area contributed by atoms with Gasteiger partial charge in [-0.25, -0.2) is 9.97 Å². The van der Waals surface area contributed by atoms with Crippen molar-refractivity contribution in [1.29, 1.82) is 0 Å². The summed E-state index contributed by atoms with van der Waals surface area (Å²) >= 11 is 0. The lowest BCUT2D eigenvalue weighted by molar-refractivity contribution is -0.131. The van der Waals surface area contributed by atoms with E-state index in [4.69, 9.17) is 4.42 Å². The van der Waals surface area contributed by atoms with Crippen molar-refractivity contribution in [1.82, 2.24) is 20.2 Å². The van der Waals surface area contributed by atoms with Crippen LogP contribution in [0.3, 0.4) is 0 Å². The second-order valence-corrected chi connectivity index (χ2v) is 5.86. The lowest BCUT2D eigenvalue weighted by Crippen LogP contribution is -2.49. The summed E-state index contributed by atoms with van der Waals surface area (Å²) in [6, 6.07) is 5.70. The molecule has 0 radical (unpaired) electrons. The summed E-state index contributed by atoms with van der Waals surface area (Å²) in [7, 11) is 0. The Morgan fingerprint density at radius 3 is 2.62 bits per heavy atom. The number of aryl methyl sites for hydroxylation is 1. The third-order valence-electron chi connectivity index (χ3n) is 4.08. The number of carbonyl (C=O) groups is 1. The van der Waals surface area contributed by atoms with Crippen LogP contribution in [0, 0.1) is 6.92 Å². The van der Waals surface area contributed by atoms with E-state index in [-0.39, 0.29) is 5.91 Å². The number of carbonyl (C=O) groups excluding carboxylic acids is 1. The van der Waals surface area contributed by atoms with Crippen molar-refractivity contribution in [2.24, 2.45) is 0 Å². The molecule has 1 saturated heterocycles. The first-order valence-corrected chi connectivity index (χ1v) is 8.28. The van der Waals surface area contributed by atoms with Crippen molar-refractivity contribution in [3.8, 4) is 0 Å². The average Bonchev–Trinajstić information content (AvgIpc) is 3.05. The van der Waals surface area contributed by atoms with Crippen LogP contribution in [0.2, 0.25) is 0 Å². The highest BCUT2D eigenvalue weighted by Crippen LogP contribution is 2.10. The van der Waals surface area contributed by atoms with Crippen LogP contribution < -0.4 is 10.2 Å². The number of hydrogen-bond donors (Lipinski definition) is 1. The number of furan rings is 1. The third kappa shape index (κ3) is 4.32. The average molecular weight is 329 g/mol. The summed E-state index contributed by atoms with van der Waals surface area (Å²) in [4.78, 5) is 24.8. The summed E-state index contributed by atoms with van der Waals surface area (Å²) in [5, 5.41) is 3.25. The van der Waals surface area contributed by atoms with Gasteiger partial charge < -0.3 is 19.5 Å². The summed E-state index contributed by atoms with van der Waals surface area (Å²) in [6.45, 7) is 6.21. The van der Waals surface area contributed by atoms with E-state index in [0.29, 0.717) is 32.6 Å². The minimum Gasteiger partial charge on any atom is -0.465 e. The number of hydrogen-bond acceptors (Lipinski definition) is 6. The zero-order valence-corrected chi connectivity index (χ0v) is 13.9. The smallest absolute Gasteiger partial charge is 0.225 e. The Balaban J connectivity index is 1.36. The number of piperazine rings is 1. The van der Waals surface area contributed by atoms with E-state index in [0.717, 1.165) is 30.6 Å². The zero-order chi connectivity index (χ0) is 16.8. The molecule has 0 aromatic carbocycles. The highest BCUT2D eigenvalue weighted by Gasteiger charge is 2.21. The van der Waals surface area contributed by atoms with Gasteiger partial charge in [-0.2, -0.15) is 0 Å². The minimum atomic E-state index is 0.187. The largest absolute Gasteiger partial charge is 0.465 e. The fourth-order valence-corrected chi connectivity index (χ4v) is 2.76. The van der Waals surface area contributed by atoms with Crippen LogP contribution in [0.1, 0.15) is 17.9 Å². The first-order chi connectivity index (χ1) is 11.7. The van der Waals surface area contributed by atoms with Crippen molar-refractivity contribution < 1.29 is 9.21 Å². The molecular formula is C17H23N5O2. The second-order valence-electron chi connectivity index (χ2n) is 5.86. The molecule has 1 aliphatic rings. The Morgan fingerprint density at radius 2 is 1.96 bits per heavy atom. The molecule has 0 aliphatic carbocycles. The van der Waals surface area contributed by atoms with Crippen LogP contribution in [0.15, 0.2) is 35.0 Å². The molecule has 0 unspecified atom stereocenters. The van der Waals surface area contributed by atoms with Gasteiger partial charge in [0.2, 0.25) is 11.9 Å².